The number of halogens is 1. The minimum absolute atomic E-state index is 0.0640. The van der Waals surface area contributed by atoms with Gasteiger partial charge in [-0.05, 0) is 25.0 Å². The van der Waals surface area contributed by atoms with Crippen LogP contribution < -0.4 is 5.73 Å². The fourth-order valence-corrected chi connectivity index (χ4v) is 2.84. The molecule has 1 fully saturated rings. The van der Waals surface area contributed by atoms with Gasteiger partial charge in [-0.3, -0.25) is 0 Å². The first-order valence-corrected chi connectivity index (χ1v) is 6.10. The minimum Gasteiger partial charge on any atom is -0.341 e. The average Bonchev–Trinajstić information content (AvgIpc) is 2.96. The first-order chi connectivity index (χ1) is 8.25. The van der Waals surface area contributed by atoms with Gasteiger partial charge in [-0.1, -0.05) is 18.9 Å². The highest BCUT2D eigenvalue weighted by Gasteiger charge is 2.37. The van der Waals surface area contributed by atoms with Crippen molar-refractivity contribution >= 4 is 11.0 Å². The van der Waals surface area contributed by atoms with Crippen molar-refractivity contribution in [2.45, 2.75) is 31.1 Å². The second-order valence-corrected chi connectivity index (χ2v) is 4.91. The number of H-pyrrole nitrogens is 1. The van der Waals surface area contributed by atoms with Crippen LogP contribution in [-0.2, 0) is 5.41 Å². The van der Waals surface area contributed by atoms with Gasteiger partial charge in [0.25, 0.3) is 0 Å². The van der Waals surface area contributed by atoms with Crippen molar-refractivity contribution in [3.05, 3.63) is 29.8 Å². The van der Waals surface area contributed by atoms with Gasteiger partial charge >= 0.3 is 0 Å². The van der Waals surface area contributed by atoms with Crippen molar-refractivity contribution in [2.75, 3.05) is 6.54 Å². The van der Waals surface area contributed by atoms with E-state index in [1.807, 2.05) is 6.07 Å². The zero-order valence-corrected chi connectivity index (χ0v) is 9.67. The largest absolute Gasteiger partial charge is 0.341 e. The van der Waals surface area contributed by atoms with Crippen LogP contribution in [0.3, 0.4) is 0 Å². The van der Waals surface area contributed by atoms with E-state index < -0.39 is 0 Å². The lowest BCUT2D eigenvalue weighted by Crippen LogP contribution is -2.33. The molecule has 2 aromatic rings. The molecule has 90 valence electrons. The summed E-state index contributed by atoms with van der Waals surface area (Å²) in [4.78, 5) is 7.67. The highest BCUT2D eigenvalue weighted by atomic mass is 19.1. The third kappa shape index (κ3) is 1.55. The summed E-state index contributed by atoms with van der Waals surface area (Å²) in [6.45, 7) is 0.578. The van der Waals surface area contributed by atoms with Crippen LogP contribution in [-0.4, -0.2) is 16.5 Å². The van der Waals surface area contributed by atoms with E-state index in [4.69, 9.17) is 5.73 Å². The maximum Gasteiger partial charge on any atom is 0.151 e. The van der Waals surface area contributed by atoms with E-state index in [9.17, 15) is 4.39 Å². The maximum atomic E-state index is 13.6. The lowest BCUT2D eigenvalue weighted by molar-refractivity contribution is 0.429. The molecule has 3 N–H and O–H groups in total. The molecule has 17 heavy (non-hydrogen) atoms. The molecule has 1 heterocycles. The van der Waals surface area contributed by atoms with Crippen LogP contribution in [0.1, 0.15) is 31.5 Å². The molecule has 3 rings (SSSR count). The van der Waals surface area contributed by atoms with Crippen molar-refractivity contribution in [3.63, 3.8) is 0 Å². The van der Waals surface area contributed by atoms with Gasteiger partial charge in [0, 0.05) is 12.0 Å². The summed E-state index contributed by atoms with van der Waals surface area (Å²) in [6.07, 6.45) is 4.45. The SMILES string of the molecule is NCC1(c2nc3c(F)cccc3[nH]2)CCCC1. The number of para-hydroxylation sites is 1. The molecule has 0 bridgehead atoms. The Kier molecular flexibility index (Phi) is 2.40. The topological polar surface area (TPSA) is 54.7 Å². The first kappa shape index (κ1) is 10.7. The lowest BCUT2D eigenvalue weighted by atomic mass is 9.85. The quantitative estimate of drug-likeness (QED) is 0.837. The Morgan fingerprint density at radius 1 is 1.35 bits per heavy atom. The van der Waals surface area contributed by atoms with Crippen molar-refractivity contribution < 1.29 is 4.39 Å². The molecule has 0 aliphatic heterocycles. The Morgan fingerprint density at radius 3 is 2.76 bits per heavy atom. The van der Waals surface area contributed by atoms with E-state index in [-0.39, 0.29) is 11.2 Å². The number of hydrogen-bond acceptors (Lipinski definition) is 2. The second-order valence-electron chi connectivity index (χ2n) is 4.91. The third-order valence-electron chi connectivity index (χ3n) is 3.92. The maximum absolute atomic E-state index is 13.6. The predicted octanol–water partition coefficient (Wildman–Crippen LogP) is 2.47. The smallest absolute Gasteiger partial charge is 0.151 e. The van der Waals surface area contributed by atoms with Crippen molar-refractivity contribution in [2.24, 2.45) is 5.73 Å². The number of rotatable bonds is 2. The molecule has 0 amide bonds. The number of nitrogens with zero attached hydrogens (tertiary/aromatic N) is 1. The molecule has 1 aromatic heterocycles. The van der Waals surface area contributed by atoms with Gasteiger partial charge in [-0.2, -0.15) is 0 Å². The standard InChI is InChI=1S/C13H16FN3/c14-9-4-3-5-10-11(9)17-12(16-10)13(8-15)6-1-2-7-13/h3-5H,1-2,6-8,15H2,(H,16,17). The monoisotopic (exact) mass is 233 g/mol. The van der Waals surface area contributed by atoms with Crippen LogP contribution in [0.4, 0.5) is 4.39 Å². The number of imidazole rings is 1. The molecule has 0 radical (unpaired) electrons. The number of aromatic nitrogens is 2. The fraction of sp³-hybridized carbons (Fsp3) is 0.462. The Morgan fingerprint density at radius 2 is 2.12 bits per heavy atom. The summed E-state index contributed by atoms with van der Waals surface area (Å²) in [5.41, 5.74) is 7.04. The molecular formula is C13H16FN3. The Balaban J connectivity index is 2.14. The van der Waals surface area contributed by atoms with Gasteiger partial charge in [-0.15, -0.1) is 0 Å². The lowest BCUT2D eigenvalue weighted by Gasteiger charge is -2.24. The Hall–Kier alpha value is -1.42. The second kappa shape index (κ2) is 3.81. The van der Waals surface area contributed by atoms with E-state index in [1.54, 1.807) is 6.07 Å². The molecule has 0 spiro atoms. The van der Waals surface area contributed by atoms with Gasteiger partial charge in [-0.25, -0.2) is 9.37 Å². The van der Waals surface area contributed by atoms with Gasteiger partial charge in [0.05, 0.1) is 5.52 Å². The number of fused-ring (bicyclic) bond motifs is 1. The molecular weight excluding hydrogens is 217 g/mol. The van der Waals surface area contributed by atoms with E-state index in [2.05, 4.69) is 9.97 Å². The highest BCUT2D eigenvalue weighted by Crippen LogP contribution is 2.39. The number of benzene rings is 1. The fourth-order valence-electron chi connectivity index (χ4n) is 2.84. The number of nitrogens with two attached hydrogens (primary N) is 1. The number of hydrogen-bond donors (Lipinski definition) is 2. The van der Waals surface area contributed by atoms with Crippen LogP contribution in [0.15, 0.2) is 18.2 Å². The molecule has 1 saturated carbocycles. The molecule has 0 atom stereocenters. The summed E-state index contributed by atoms with van der Waals surface area (Å²) >= 11 is 0. The van der Waals surface area contributed by atoms with Crippen LogP contribution in [0.2, 0.25) is 0 Å². The van der Waals surface area contributed by atoms with Crippen molar-refractivity contribution in [1.29, 1.82) is 0 Å². The summed E-state index contributed by atoms with van der Waals surface area (Å²) in [7, 11) is 0. The van der Waals surface area contributed by atoms with E-state index >= 15 is 0 Å². The van der Waals surface area contributed by atoms with Crippen LogP contribution >= 0.6 is 0 Å². The number of aromatic amines is 1. The molecule has 3 nitrogen and oxygen atoms in total. The number of nitrogens with one attached hydrogen (secondary N) is 1. The average molecular weight is 233 g/mol. The van der Waals surface area contributed by atoms with Crippen LogP contribution in [0, 0.1) is 5.82 Å². The molecule has 1 aliphatic carbocycles. The van der Waals surface area contributed by atoms with Crippen molar-refractivity contribution in [3.8, 4) is 0 Å². The van der Waals surface area contributed by atoms with E-state index in [1.165, 1.54) is 18.9 Å². The summed E-state index contributed by atoms with van der Waals surface area (Å²) in [5, 5.41) is 0. The summed E-state index contributed by atoms with van der Waals surface area (Å²) in [6, 6.07) is 4.99. The van der Waals surface area contributed by atoms with Gasteiger partial charge in [0.2, 0.25) is 0 Å². The Labute approximate surface area is 99.2 Å². The summed E-state index contributed by atoms with van der Waals surface area (Å²) in [5.74, 6) is 0.591. The Bertz CT molecular complexity index is 541. The van der Waals surface area contributed by atoms with Crippen LogP contribution in [0.25, 0.3) is 11.0 Å². The minimum atomic E-state index is -0.268. The highest BCUT2D eigenvalue weighted by molar-refractivity contribution is 5.75. The van der Waals surface area contributed by atoms with E-state index in [0.29, 0.717) is 12.1 Å². The zero-order chi connectivity index (χ0) is 11.9. The molecule has 0 saturated heterocycles. The van der Waals surface area contributed by atoms with Gasteiger partial charge in [0.1, 0.15) is 11.3 Å². The van der Waals surface area contributed by atoms with Crippen LogP contribution in [0.5, 0.6) is 0 Å². The zero-order valence-electron chi connectivity index (χ0n) is 9.67. The first-order valence-electron chi connectivity index (χ1n) is 6.10. The molecule has 0 unspecified atom stereocenters. The van der Waals surface area contributed by atoms with Gasteiger partial charge in [0.15, 0.2) is 5.82 Å². The van der Waals surface area contributed by atoms with Crippen molar-refractivity contribution in [1.82, 2.24) is 9.97 Å². The third-order valence-corrected chi connectivity index (χ3v) is 3.92. The summed E-state index contributed by atoms with van der Waals surface area (Å²) < 4.78 is 13.6. The van der Waals surface area contributed by atoms with Gasteiger partial charge < -0.3 is 10.7 Å². The van der Waals surface area contributed by atoms with E-state index in [0.717, 1.165) is 24.2 Å². The normalized spacial score (nSPS) is 18.9. The predicted molar refractivity (Wildman–Crippen MR) is 65.3 cm³/mol. The molecule has 1 aromatic carbocycles. The molecule has 4 heteroatoms. The molecule has 1 aliphatic rings.